The molecular formula is C20H18NO6P. The minimum Gasteiger partial charge on any atom is -0.348 e. The third kappa shape index (κ3) is 1.87. The van der Waals surface area contributed by atoms with E-state index in [1.54, 1.807) is 36.4 Å². The van der Waals surface area contributed by atoms with Crippen molar-refractivity contribution in [1.29, 1.82) is 0 Å². The van der Waals surface area contributed by atoms with Gasteiger partial charge in [-0.25, -0.2) is 4.90 Å². The molecule has 3 aliphatic heterocycles. The highest BCUT2D eigenvalue weighted by Crippen LogP contribution is 2.79. The Balaban J connectivity index is 1.74. The van der Waals surface area contributed by atoms with Crippen molar-refractivity contribution < 1.29 is 27.9 Å². The fraction of sp³-hybridized carbons (Fsp3) is 0.300. The summed E-state index contributed by atoms with van der Waals surface area (Å²) in [6, 6.07) is 15.9. The second-order valence-corrected chi connectivity index (χ2v) is 9.43. The van der Waals surface area contributed by atoms with E-state index in [1.807, 2.05) is 18.2 Å². The van der Waals surface area contributed by atoms with Crippen molar-refractivity contribution in [2.24, 2.45) is 11.8 Å². The Kier molecular flexibility index (Phi) is 3.71. The zero-order chi connectivity index (χ0) is 19.7. The first kappa shape index (κ1) is 17.8. The van der Waals surface area contributed by atoms with Crippen molar-refractivity contribution in [2.75, 3.05) is 19.1 Å². The molecule has 0 spiro atoms. The number of carbonyl (C=O) groups is 2. The highest BCUT2D eigenvalue weighted by Gasteiger charge is 2.78. The number of para-hydroxylation sites is 1. The number of rotatable bonds is 4. The summed E-state index contributed by atoms with van der Waals surface area (Å²) >= 11 is 0. The van der Waals surface area contributed by atoms with Gasteiger partial charge < -0.3 is 13.8 Å². The van der Waals surface area contributed by atoms with Crippen LogP contribution in [-0.4, -0.2) is 26.0 Å². The molecule has 3 heterocycles. The fourth-order valence-corrected chi connectivity index (χ4v) is 6.91. The van der Waals surface area contributed by atoms with Crippen molar-refractivity contribution in [3.05, 3.63) is 65.7 Å². The normalized spacial score (nSPS) is 30.6. The lowest BCUT2D eigenvalue weighted by molar-refractivity contribution is -0.127. The Morgan fingerprint density at radius 3 is 2.29 bits per heavy atom. The van der Waals surface area contributed by atoms with E-state index in [1.165, 1.54) is 19.1 Å². The fourth-order valence-electron chi connectivity index (χ4n) is 4.87. The van der Waals surface area contributed by atoms with Gasteiger partial charge >= 0.3 is 7.60 Å². The van der Waals surface area contributed by atoms with Crippen molar-refractivity contribution in [2.45, 2.75) is 11.4 Å². The average Bonchev–Trinajstić information content (AvgIpc) is 3.36. The molecule has 8 heteroatoms. The van der Waals surface area contributed by atoms with Crippen LogP contribution in [0.1, 0.15) is 17.2 Å². The van der Waals surface area contributed by atoms with Crippen LogP contribution in [0, 0.1) is 11.8 Å². The number of ether oxygens (including phenoxy) is 1. The van der Waals surface area contributed by atoms with Gasteiger partial charge in [0.1, 0.15) is 0 Å². The summed E-state index contributed by atoms with van der Waals surface area (Å²) in [6.45, 7) is 0. The Morgan fingerprint density at radius 2 is 1.61 bits per heavy atom. The van der Waals surface area contributed by atoms with E-state index >= 15 is 0 Å². The first-order valence-corrected chi connectivity index (χ1v) is 10.5. The monoisotopic (exact) mass is 399 g/mol. The number of nitrogens with zero attached hydrogens (tertiary/aromatic N) is 1. The predicted octanol–water partition coefficient (Wildman–Crippen LogP) is 3.22. The van der Waals surface area contributed by atoms with Crippen molar-refractivity contribution in [3.63, 3.8) is 0 Å². The maximum atomic E-state index is 13.7. The van der Waals surface area contributed by atoms with Crippen LogP contribution in [-0.2, 0) is 33.3 Å². The first-order chi connectivity index (χ1) is 13.5. The summed E-state index contributed by atoms with van der Waals surface area (Å²) in [5, 5.41) is -1.64. The molecule has 2 aromatic rings. The summed E-state index contributed by atoms with van der Waals surface area (Å²) in [5.41, 5.74) is 1.81. The summed E-state index contributed by atoms with van der Waals surface area (Å²) < 4.78 is 30.5. The van der Waals surface area contributed by atoms with Crippen LogP contribution in [0.25, 0.3) is 0 Å². The highest BCUT2D eigenvalue weighted by molar-refractivity contribution is 7.55. The van der Waals surface area contributed by atoms with Gasteiger partial charge in [0.05, 0.1) is 23.6 Å². The van der Waals surface area contributed by atoms with Gasteiger partial charge in [-0.1, -0.05) is 42.5 Å². The third-order valence-electron chi connectivity index (χ3n) is 5.96. The predicted molar refractivity (Wildman–Crippen MR) is 99.5 cm³/mol. The first-order valence-electron chi connectivity index (χ1n) is 8.92. The van der Waals surface area contributed by atoms with Crippen LogP contribution in [0.15, 0.2) is 54.6 Å². The van der Waals surface area contributed by atoms with Gasteiger partial charge in [0.2, 0.25) is 17.2 Å². The number of fused-ring (bicyclic) bond motifs is 8. The Labute approximate surface area is 161 Å². The van der Waals surface area contributed by atoms with Crippen molar-refractivity contribution in [1.82, 2.24) is 0 Å². The average molecular weight is 399 g/mol. The van der Waals surface area contributed by atoms with Crippen LogP contribution in [0.5, 0.6) is 0 Å². The summed E-state index contributed by atoms with van der Waals surface area (Å²) in [6.07, 6.45) is -0.676. The molecule has 0 aliphatic carbocycles. The molecule has 2 fully saturated rings. The Hall–Kier alpha value is -2.31. The number of hydrogen-bond donors (Lipinski definition) is 0. The molecule has 0 unspecified atom stereocenters. The Morgan fingerprint density at radius 1 is 0.964 bits per heavy atom. The lowest BCUT2D eigenvalue weighted by atomic mass is 9.77. The van der Waals surface area contributed by atoms with E-state index in [4.69, 9.17) is 13.8 Å². The molecule has 0 aromatic heterocycles. The molecule has 144 valence electrons. The smallest absolute Gasteiger partial charge is 0.348 e. The zero-order valence-corrected chi connectivity index (χ0v) is 16.2. The number of amides is 2. The van der Waals surface area contributed by atoms with Gasteiger partial charge in [-0.2, -0.15) is 0 Å². The van der Waals surface area contributed by atoms with Crippen molar-refractivity contribution >= 4 is 25.1 Å². The number of imide groups is 1. The van der Waals surface area contributed by atoms with E-state index in [0.29, 0.717) is 11.3 Å². The lowest BCUT2D eigenvalue weighted by Crippen LogP contribution is -2.40. The van der Waals surface area contributed by atoms with Gasteiger partial charge in [0.25, 0.3) is 0 Å². The standard InChI is InChI=1S/C20H18NO6P/c1-25-28(24,26-2)20-14-11-7-6-10-13(14)17(27-20)15-16(20)19(23)21(18(15)22)12-8-4-3-5-9-12/h3-11,15-17H,1-2H3/t15-,16-,17+,20+/m1/s1. The van der Waals surface area contributed by atoms with Crippen LogP contribution < -0.4 is 4.90 Å². The molecule has 5 rings (SSSR count). The van der Waals surface area contributed by atoms with Crippen LogP contribution in [0.4, 0.5) is 5.69 Å². The molecule has 2 saturated heterocycles. The molecular weight excluding hydrogens is 381 g/mol. The Bertz CT molecular complexity index is 1030. The number of hydrogen-bond acceptors (Lipinski definition) is 6. The molecule has 2 bridgehead atoms. The van der Waals surface area contributed by atoms with Crippen LogP contribution in [0.2, 0.25) is 0 Å². The zero-order valence-electron chi connectivity index (χ0n) is 15.3. The molecule has 2 aromatic carbocycles. The van der Waals surface area contributed by atoms with Gasteiger partial charge in [0, 0.05) is 19.8 Å². The second kappa shape index (κ2) is 5.84. The number of anilines is 1. The largest absolute Gasteiger partial charge is 0.367 e. The van der Waals surface area contributed by atoms with Crippen molar-refractivity contribution in [3.8, 4) is 0 Å². The molecule has 4 atom stereocenters. The van der Waals surface area contributed by atoms with Gasteiger partial charge in [0.15, 0.2) is 0 Å². The second-order valence-electron chi connectivity index (χ2n) is 7.04. The van der Waals surface area contributed by atoms with E-state index in [0.717, 1.165) is 5.56 Å². The number of benzene rings is 2. The molecule has 0 N–H and O–H groups in total. The summed E-state index contributed by atoms with van der Waals surface area (Å²) in [7, 11) is -1.39. The van der Waals surface area contributed by atoms with Crippen LogP contribution >= 0.6 is 7.60 Å². The maximum Gasteiger partial charge on any atom is 0.367 e. The quantitative estimate of drug-likeness (QED) is 0.580. The molecule has 3 aliphatic rings. The minimum atomic E-state index is -3.92. The topological polar surface area (TPSA) is 82.1 Å². The SMILES string of the molecule is COP(=O)(OC)[C@@]12O[C@@H](c3ccccc31)[C@@H]1C(=O)N(c3ccccc3)C(=O)[C@@H]12. The van der Waals surface area contributed by atoms with E-state index in [2.05, 4.69) is 0 Å². The molecule has 0 radical (unpaired) electrons. The van der Waals surface area contributed by atoms with Gasteiger partial charge in [-0.15, -0.1) is 0 Å². The summed E-state index contributed by atoms with van der Waals surface area (Å²) in [5.74, 6) is -2.57. The van der Waals surface area contributed by atoms with Gasteiger partial charge in [-0.05, 0) is 17.7 Å². The van der Waals surface area contributed by atoms with E-state index in [-0.39, 0.29) is 5.91 Å². The maximum absolute atomic E-state index is 13.7. The third-order valence-corrected chi connectivity index (χ3v) is 8.36. The lowest BCUT2D eigenvalue weighted by Gasteiger charge is -2.36. The molecule has 2 amide bonds. The van der Waals surface area contributed by atoms with Gasteiger partial charge in [-0.3, -0.25) is 14.2 Å². The molecule has 7 nitrogen and oxygen atoms in total. The number of carbonyl (C=O) groups excluding carboxylic acids is 2. The minimum absolute atomic E-state index is 0.360. The molecule has 28 heavy (non-hydrogen) atoms. The van der Waals surface area contributed by atoms with E-state index < -0.39 is 36.8 Å². The van der Waals surface area contributed by atoms with Crippen LogP contribution in [0.3, 0.4) is 0 Å². The summed E-state index contributed by atoms with van der Waals surface area (Å²) in [4.78, 5) is 27.9. The highest BCUT2D eigenvalue weighted by atomic mass is 31.2. The molecule has 0 saturated carbocycles. The van der Waals surface area contributed by atoms with E-state index in [9.17, 15) is 14.2 Å².